The van der Waals surface area contributed by atoms with Gasteiger partial charge in [-0.2, -0.15) is 9.78 Å². The number of H-pyrrole nitrogens is 1. The van der Waals surface area contributed by atoms with Crippen molar-refractivity contribution < 1.29 is 9.59 Å². The number of benzene rings is 3. The molecule has 0 aliphatic carbocycles. The van der Waals surface area contributed by atoms with Gasteiger partial charge in [0.1, 0.15) is 6.20 Å². The number of amides is 1. The van der Waals surface area contributed by atoms with Gasteiger partial charge < -0.3 is 5.32 Å². The molecule has 35 heavy (non-hydrogen) atoms. The summed E-state index contributed by atoms with van der Waals surface area (Å²) in [4.78, 5) is 51.3. The molecular weight excluding hydrogens is 491 g/mol. The minimum Gasteiger partial charge on any atom is -0.348 e. The maximum atomic E-state index is 13.3. The van der Waals surface area contributed by atoms with Crippen LogP contribution in [0.4, 0.5) is 0 Å². The number of hydrogen-bond donors (Lipinski definition) is 2. The fraction of sp³-hybridized carbons (Fsp3) is 0.0800. The summed E-state index contributed by atoms with van der Waals surface area (Å²) in [6, 6.07) is 20.0. The highest BCUT2D eigenvalue weighted by Gasteiger charge is 2.26. The molecule has 0 aliphatic rings. The number of nitrogens with zero attached hydrogens (tertiary/aromatic N) is 2. The average molecular weight is 509 g/mol. The second kappa shape index (κ2) is 10.5. The molecule has 0 saturated carbocycles. The fourth-order valence-corrected chi connectivity index (χ4v) is 3.95. The van der Waals surface area contributed by atoms with E-state index in [1.165, 1.54) is 6.07 Å². The van der Waals surface area contributed by atoms with Crippen molar-refractivity contribution in [3.8, 4) is 5.69 Å². The minimum atomic E-state index is -0.863. The number of halogens is 2. The fourth-order valence-electron chi connectivity index (χ4n) is 3.54. The van der Waals surface area contributed by atoms with E-state index >= 15 is 0 Å². The Balaban J connectivity index is 1.66. The molecule has 0 bridgehead atoms. The summed E-state index contributed by atoms with van der Waals surface area (Å²) in [7, 11) is 0. The molecule has 10 heteroatoms. The summed E-state index contributed by atoms with van der Waals surface area (Å²) < 4.78 is 0.979. The normalized spacial score (nSPS) is 11.6. The quantitative estimate of drug-likeness (QED) is 0.371. The van der Waals surface area contributed by atoms with E-state index in [1.54, 1.807) is 66.7 Å². The van der Waals surface area contributed by atoms with Gasteiger partial charge in [0.15, 0.2) is 5.78 Å². The van der Waals surface area contributed by atoms with Gasteiger partial charge in [0.25, 0.3) is 5.56 Å². The lowest BCUT2D eigenvalue weighted by Crippen LogP contribution is -2.34. The van der Waals surface area contributed by atoms with Gasteiger partial charge in [-0.3, -0.25) is 19.4 Å². The molecule has 8 nitrogen and oxygen atoms in total. The molecule has 0 saturated heterocycles. The van der Waals surface area contributed by atoms with E-state index in [2.05, 4.69) is 15.4 Å². The standard InChI is InChI=1S/C25H18Cl2N4O4/c26-17-8-6-16(7-9-17)23(24(34)28-13-21(32)15-4-2-1-3-5-15)19-11-10-18(12-20(19)27)31-25(35)30-22(33)14-29-31/h1-12,14,23H,13H2,(H,28,34)(H,30,33,35). The highest BCUT2D eigenvalue weighted by molar-refractivity contribution is 6.32. The Morgan fingerprint density at radius 2 is 1.69 bits per heavy atom. The van der Waals surface area contributed by atoms with E-state index in [0.717, 1.165) is 10.9 Å². The van der Waals surface area contributed by atoms with E-state index in [4.69, 9.17) is 23.2 Å². The zero-order valence-corrected chi connectivity index (χ0v) is 19.6. The Morgan fingerprint density at radius 3 is 2.34 bits per heavy atom. The zero-order valence-electron chi connectivity index (χ0n) is 18.1. The van der Waals surface area contributed by atoms with Crippen LogP contribution >= 0.6 is 23.2 Å². The Morgan fingerprint density at radius 1 is 0.971 bits per heavy atom. The van der Waals surface area contributed by atoms with Crippen LogP contribution in [-0.2, 0) is 4.79 Å². The highest BCUT2D eigenvalue weighted by atomic mass is 35.5. The summed E-state index contributed by atoms with van der Waals surface area (Å²) in [5.74, 6) is -1.54. The van der Waals surface area contributed by atoms with Crippen molar-refractivity contribution in [1.82, 2.24) is 20.1 Å². The van der Waals surface area contributed by atoms with Crippen molar-refractivity contribution in [2.45, 2.75) is 5.92 Å². The van der Waals surface area contributed by atoms with Gasteiger partial charge in [0.05, 0.1) is 18.2 Å². The largest absolute Gasteiger partial charge is 0.349 e. The smallest absolute Gasteiger partial charge is 0.348 e. The third kappa shape index (κ3) is 5.56. The van der Waals surface area contributed by atoms with Crippen LogP contribution in [0.1, 0.15) is 27.4 Å². The molecule has 3 aromatic carbocycles. The number of carbonyl (C=O) groups excluding carboxylic acids is 2. The van der Waals surface area contributed by atoms with Crippen molar-refractivity contribution in [1.29, 1.82) is 0 Å². The van der Waals surface area contributed by atoms with Gasteiger partial charge in [-0.15, -0.1) is 0 Å². The van der Waals surface area contributed by atoms with Crippen molar-refractivity contribution in [2.75, 3.05) is 6.54 Å². The van der Waals surface area contributed by atoms with Crippen molar-refractivity contribution >= 4 is 34.9 Å². The first-order valence-corrected chi connectivity index (χ1v) is 11.2. The molecule has 1 amide bonds. The summed E-state index contributed by atoms with van der Waals surface area (Å²) in [6.07, 6.45) is 0.969. The number of hydrogen-bond acceptors (Lipinski definition) is 5. The monoisotopic (exact) mass is 508 g/mol. The average Bonchev–Trinajstić information content (AvgIpc) is 2.85. The number of carbonyl (C=O) groups is 2. The number of aromatic amines is 1. The van der Waals surface area contributed by atoms with E-state index in [9.17, 15) is 19.2 Å². The van der Waals surface area contributed by atoms with Gasteiger partial charge in [0.2, 0.25) is 5.91 Å². The molecule has 4 rings (SSSR count). The molecule has 176 valence electrons. The number of nitrogens with one attached hydrogen (secondary N) is 2. The maximum absolute atomic E-state index is 13.3. The first kappa shape index (κ1) is 24.1. The lowest BCUT2D eigenvalue weighted by Gasteiger charge is -2.20. The Hall–Kier alpha value is -4.01. The van der Waals surface area contributed by atoms with Gasteiger partial charge in [-0.25, -0.2) is 4.79 Å². The number of rotatable bonds is 7. The second-order valence-corrected chi connectivity index (χ2v) is 8.39. The first-order chi connectivity index (χ1) is 16.8. The summed E-state index contributed by atoms with van der Waals surface area (Å²) in [5.41, 5.74) is 0.478. The molecule has 0 radical (unpaired) electrons. The van der Waals surface area contributed by atoms with Crippen molar-refractivity contribution in [3.05, 3.63) is 127 Å². The van der Waals surface area contributed by atoms with E-state index in [0.29, 0.717) is 27.4 Å². The SMILES string of the molecule is O=C(CNC(=O)C(c1ccc(Cl)cc1)c1ccc(-n2ncc(=O)[nH]c2=O)cc1Cl)c1ccccc1. The highest BCUT2D eigenvalue weighted by Crippen LogP contribution is 2.32. The van der Waals surface area contributed by atoms with Crippen LogP contribution in [0.5, 0.6) is 0 Å². The molecule has 0 aliphatic heterocycles. The van der Waals surface area contributed by atoms with Crippen LogP contribution in [0.15, 0.2) is 88.6 Å². The molecule has 0 spiro atoms. The van der Waals surface area contributed by atoms with Gasteiger partial charge in [0, 0.05) is 15.6 Å². The summed E-state index contributed by atoms with van der Waals surface area (Å²) in [5, 5.41) is 7.19. The Bertz CT molecular complexity index is 1500. The third-order valence-electron chi connectivity index (χ3n) is 5.24. The summed E-state index contributed by atoms with van der Waals surface area (Å²) in [6.45, 7) is -0.195. The van der Waals surface area contributed by atoms with Gasteiger partial charge >= 0.3 is 5.69 Å². The van der Waals surface area contributed by atoms with Gasteiger partial charge in [-0.05, 0) is 35.4 Å². The van der Waals surface area contributed by atoms with Gasteiger partial charge in [-0.1, -0.05) is 71.7 Å². The molecule has 1 unspecified atom stereocenters. The summed E-state index contributed by atoms with van der Waals surface area (Å²) >= 11 is 12.6. The van der Waals surface area contributed by atoms with Crippen LogP contribution in [0.3, 0.4) is 0 Å². The molecular formula is C25H18Cl2N4O4. The topological polar surface area (TPSA) is 114 Å². The molecule has 1 heterocycles. The van der Waals surface area contributed by atoms with E-state index in [-0.39, 0.29) is 17.4 Å². The Kier molecular flexibility index (Phi) is 7.24. The predicted molar refractivity (Wildman–Crippen MR) is 133 cm³/mol. The molecule has 0 fully saturated rings. The number of aromatic nitrogens is 3. The second-order valence-electron chi connectivity index (χ2n) is 7.55. The number of Topliss-reactive ketones (excluding diaryl/α,β-unsaturated/α-hetero) is 1. The van der Waals surface area contributed by atoms with Crippen LogP contribution in [-0.4, -0.2) is 33.0 Å². The van der Waals surface area contributed by atoms with Crippen LogP contribution in [0, 0.1) is 0 Å². The van der Waals surface area contributed by atoms with E-state index < -0.39 is 23.1 Å². The zero-order chi connectivity index (χ0) is 24.9. The lowest BCUT2D eigenvalue weighted by molar-refractivity contribution is -0.121. The minimum absolute atomic E-state index is 0.187. The molecule has 4 aromatic rings. The maximum Gasteiger partial charge on any atom is 0.349 e. The molecule has 1 atom stereocenters. The molecule has 2 N–H and O–H groups in total. The van der Waals surface area contributed by atoms with Crippen LogP contribution < -0.4 is 16.6 Å². The third-order valence-corrected chi connectivity index (χ3v) is 5.82. The van der Waals surface area contributed by atoms with Crippen molar-refractivity contribution in [3.63, 3.8) is 0 Å². The predicted octanol–water partition coefficient (Wildman–Crippen LogP) is 3.36. The Labute approximate surface area is 209 Å². The van der Waals surface area contributed by atoms with Crippen LogP contribution in [0.25, 0.3) is 5.69 Å². The van der Waals surface area contributed by atoms with E-state index in [1.807, 2.05) is 0 Å². The first-order valence-electron chi connectivity index (χ1n) is 10.4. The number of ketones is 1. The van der Waals surface area contributed by atoms with Crippen LogP contribution in [0.2, 0.25) is 10.0 Å². The molecule has 1 aromatic heterocycles. The lowest BCUT2D eigenvalue weighted by atomic mass is 9.90. The van der Waals surface area contributed by atoms with Crippen molar-refractivity contribution in [2.24, 2.45) is 0 Å².